The van der Waals surface area contributed by atoms with E-state index in [1.54, 1.807) is 0 Å². The molecular weight excluding hydrogens is 182 g/mol. The molecule has 0 aromatic carbocycles. The molecule has 0 bridgehead atoms. The van der Waals surface area contributed by atoms with Gasteiger partial charge in [-0.05, 0) is 33.2 Å². The van der Waals surface area contributed by atoms with Gasteiger partial charge in [0.1, 0.15) is 0 Å². The molecule has 0 saturated carbocycles. The van der Waals surface area contributed by atoms with Gasteiger partial charge >= 0.3 is 0 Å². The summed E-state index contributed by atoms with van der Waals surface area (Å²) in [5.74, 6) is 0. The second kappa shape index (κ2) is 6.79. The largest absolute Gasteiger partial charge is 0.331 e. The van der Waals surface area contributed by atoms with Crippen LogP contribution in [0.25, 0.3) is 0 Å². The molecule has 74 valence electrons. The summed E-state index contributed by atoms with van der Waals surface area (Å²) in [4.78, 5) is 6.92. The first-order valence-corrected chi connectivity index (χ1v) is 8.59. The molecule has 0 fully saturated rings. The van der Waals surface area contributed by atoms with Crippen LogP contribution in [0, 0.1) is 0 Å². The van der Waals surface area contributed by atoms with Gasteiger partial charge < -0.3 is 14.2 Å². The Morgan fingerprint density at radius 1 is 1.00 bits per heavy atom. The summed E-state index contributed by atoms with van der Waals surface area (Å²) in [6.45, 7) is 4.56. The van der Waals surface area contributed by atoms with Crippen molar-refractivity contribution in [3.05, 3.63) is 0 Å². The van der Waals surface area contributed by atoms with Crippen LogP contribution in [0.3, 0.4) is 0 Å². The minimum atomic E-state index is -0.797. The Kier molecular flexibility index (Phi) is 6.97. The lowest BCUT2D eigenvalue weighted by molar-refractivity contribution is 0.731. The lowest BCUT2D eigenvalue weighted by atomic mass is 11.0. The third kappa shape index (κ3) is 3.36. The molecule has 0 heterocycles. The number of nitrogens with one attached hydrogen (secondary N) is 2. The highest BCUT2D eigenvalue weighted by Gasteiger charge is 2.20. The van der Waals surface area contributed by atoms with Crippen molar-refractivity contribution in [3.8, 4) is 0 Å². The summed E-state index contributed by atoms with van der Waals surface area (Å²) in [6, 6.07) is 2.61. The molecule has 0 spiro atoms. The van der Waals surface area contributed by atoms with Crippen molar-refractivity contribution in [1.29, 1.82) is 0 Å². The smallest absolute Gasteiger partial charge is 0.180 e. The van der Waals surface area contributed by atoms with Gasteiger partial charge in [-0.25, -0.2) is 0 Å². The van der Waals surface area contributed by atoms with Gasteiger partial charge in [0, 0.05) is 0 Å². The molecule has 2 atom stereocenters. The fourth-order valence-electron chi connectivity index (χ4n) is 1.61. The molecule has 0 rings (SSSR count). The van der Waals surface area contributed by atoms with Crippen LogP contribution in [-0.2, 0) is 0 Å². The molecule has 2 unspecified atom stereocenters. The highest BCUT2D eigenvalue weighted by Crippen LogP contribution is 1.98. The predicted molar refractivity (Wildman–Crippen MR) is 61.1 cm³/mol. The maximum absolute atomic E-state index is 3.46. The van der Waals surface area contributed by atoms with Crippen molar-refractivity contribution in [1.82, 2.24) is 14.2 Å². The molecule has 0 aromatic heterocycles. The maximum atomic E-state index is 3.46. The fraction of sp³-hybridized carbons (Fsp3) is 1.00. The van der Waals surface area contributed by atoms with Crippen LogP contribution < -0.4 is 9.96 Å². The quantitative estimate of drug-likeness (QED) is 0.590. The van der Waals surface area contributed by atoms with E-state index in [9.17, 15) is 0 Å². The van der Waals surface area contributed by atoms with Gasteiger partial charge in [0.05, 0.1) is 0 Å². The Morgan fingerprint density at radius 3 is 1.50 bits per heavy atom. The Hall–Kier alpha value is 0.314. The van der Waals surface area contributed by atoms with Gasteiger partial charge in [0.25, 0.3) is 0 Å². The third-order valence-corrected chi connectivity index (χ3v) is 9.43. The normalized spacial score (nSPS) is 16.5. The summed E-state index contributed by atoms with van der Waals surface area (Å²) in [5, 5.41) is 0. The van der Waals surface area contributed by atoms with E-state index < -0.39 is 18.2 Å². The van der Waals surface area contributed by atoms with Gasteiger partial charge in [0.15, 0.2) is 18.2 Å². The Bertz CT molecular complexity index is 92.8. The highest BCUT2D eigenvalue weighted by atomic mass is 28.4. The van der Waals surface area contributed by atoms with E-state index >= 15 is 0 Å². The first kappa shape index (κ1) is 12.3. The standard InChI is InChI=1S/C7H23N3Si2/c1-6-11(8-3)10(5)12(7-2)9-4/h8-9,11-12H,6-7H2,1-5H3. The molecule has 0 aliphatic rings. The average Bonchev–Trinajstić information content (AvgIpc) is 2.09. The van der Waals surface area contributed by atoms with E-state index in [1.807, 2.05) is 0 Å². The summed E-state index contributed by atoms with van der Waals surface area (Å²) < 4.78 is 2.61. The van der Waals surface area contributed by atoms with Gasteiger partial charge in [0.2, 0.25) is 0 Å². The van der Waals surface area contributed by atoms with E-state index in [0.717, 1.165) is 0 Å². The highest BCUT2D eigenvalue weighted by molar-refractivity contribution is 6.69. The first-order valence-electron chi connectivity index (χ1n) is 4.77. The van der Waals surface area contributed by atoms with Crippen LogP contribution in [0.15, 0.2) is 0 Å². The van der Waals surface area contributed by atoms with Gasteiger partial charge in [-0.2, -0.15) is 0 Å². The lowest BCUT2D eigenvalue weighted by Gasteiger charge is -2.31. The Morgan fingerprint density at radius 2 is 1.33 bits per heavy atom. The van der Waals surface area contributed by atoms with Gasteiger partial charge in [-0.3, -0.25) is 0 Å². The van der Waals surface area contributed by atoms with E-state index in [1.165, 1.54) is 12.1 Å². The predicted octanol–water partition coefficient (Wildman–Crippen LogP) is -0.162. The van der Waals surface area contributed by atoms with Crippen molar-refractivity contribution >= 4 is 18.2 Å². The molecule has 0 amide bonds. The van der Waals surface area contributed by atoms with Crippen molar-refractivity contribution in [2.75, 3.05) is 21.1 Å². The molecule has 2 N–H and O–H groups in total. The number of nitrogens with zero attached hydrogens (tertiary/aromatic N) is 1. The van der Waals surface area contributed by atoms with E-state index in [-0.39, 0.29) is 0 Å². The molecule has 0 aliphatic carbocycles. The molecule has 0 radical (unpaired) electrons. The van der Waals surface area contributed by atoms with Crippen LogP contribution in [-0.4, -0.2) is 43.6 Å². The number of rotatable bonds is 6. The van der Waals surface area contributed by atoms with E-state index in [0.29, 0.717) is 0 Å². The van der Waals surface area contributed by atoms with Gasteiger partial charge in [-0.1, -0.05) is 13.8 Å². The topological polar surface area (TPSA) is 27.3 Å². The second-order valence-electron chi connectivity index (χ2n) is 3.09. The van der Waals surface area contributed by atoms with Gasteiger partial charge in [-0.15, -0.1) is 0 Å². The molecule has 12 heavy (non-hydrogen) atoms. The second-order valence-corrected chi connectivity index (χ2v) is 10.2. The molecule has 3 nitrogen and oxygen atoms in total. The van der Waals surface area contributed by atoms with Crippen molar-refractivity contribution < 1.29 is 0 Å². The average molecular weight is 205 g/mol. The lowest BCUT2D eigenvalue weighted by Crippen LogP contribution is -2.57. The minimum Gasteiger partial charge on any atom is -0.331 e. The van der Waals surface area contributed by atoms with Crippen LogP contribution in [0.1, 0.15) is 13.8 Å². The molecule has 5 heteroatoms. The van der Waals surface area contributed by atoms with E-state index in [4.69, 9.17) is 0 Å². The zero-order valence-corrected chi connectivity index (χ0v) is 11.3. The summed E-state index contributed by atoms with van der Waals surface area (Å²) in [7, 11) is 4.86. The monoisotopic (exact) mass is 205 g/mol. The number of hydrogen-bond acceptors (Lipinski definition) is 3. The van der Waals surface area contributed by atoms with Crippen molar-refractivity contribution in [2.45, 2.75) is 25.9 Å². The van der Waals surface area contributed by atoms with E-state index in [2.05, 4.69) is 49.2 Å². The van der Waals surface area contributed by atoms with Crippen LogP contribution in [0.5, 0.6) is 0 Å². The van der Waals surface area contributed by atoms with Crippen LogP contribution in [0.2, 0.25) is 12.1 Å². The summed E-state index contributed by atoms with van der Waals surface area (Å²) in [5.41, 5.74) is 0. The van der Waals surface area contributed by atoms with Crippen molar-refractivity contribution in [3.63, 3.8) is 0 Å². The first-order chi connectivity index (χ1) is 5.71. The SMILES string of the molecule is CC[SiH](NC)N(C)[SiH](CC)NC. The molecule has 0 aliphatic heterocycles. The zero-order valence-electron chi connectivity index (χ0n) is 9.02. The summed E-state index contributed by atoms with van der Waals surface area (Å²) in [6.07, 6.45) is 0. The molecular formula is C7H23N3Si2. The number of hydrogen-bond donors (Lipinski definition) is 2. The minimum absolute atomic E-state index is 0.797. The van der Waals surface area contributed by atoms with Crippen molar-refractivity contribution in [2.24, 2.45) is 0 Å². The maximum Gasteiger partial charge on any atom is 0.180 e. The third-order valence-electron chi connectivity index (χ3n) is 2.42. The Labute approximate surface area is 80.1 Å². The van der Waals surface area contributed by atoms with Crippen LogP contribution >= 0.6 is 0 Å². The summed E-state index contributed by atoms with van der Waals surface area (Å²) >= 11 is 0. The fourth-order valence-corrected chi connectivity index (χ4v) is 8.29. The molecule has 0 aromatic rings. The zero-order chi connectivity index (χ0) is 9.56. The van der Waals surface area contributed by atoms with Crippen LogP contribution in [0.4, 0.5) is 0 Å². The Balaban J connectivity index is 4.02. The molecule has 0 saturated heterocycles.